The minimum atomic E-state index is -0.863. The smallest absolute Gasteiger partial charge is 0.139 e. The summed E-state index contributed by atoms with van der Waals surface area (Å²) in [6.07, 6.45) is 1.13. The first-order valence-corrected chi connectivity index (χ1v) is 4.03. The third kappa shape index (κ3) is 2.95. The van der Waals surface area contributed by atoms with Crippen LogP contribution in [0.2, 0.25) is 0 Å². The SMILES string of the molecule is CC(N)(C=O)Cc1ccc(F)cc1. The monoisotopic (exact) mass is 181 g/mol. The van der Waals surface area contributed by atoms with E-state index in [9.17, 15) is 9.18 Å². The summed E-state index contributed by atoms with van der Waals surface area (Å²) in [5.74, 6) is -0.284. The number of hydrogen-bond donors (Lipinski definition) is 1. The van der Waals surface area contributed by atoms with E-state index in [1.165, 1.54) is 12.1 Å². The first kappa shape index (κ1) is 9.86. The second-order valence-corrected chi connectivity index (χ2v) is 3.43. The van der Waals surface area contributed by atoms with Gasteiger partial charge in [0.25, 0.3) is 0 Å². The second kappa shape index (κ2) is 3.66. The molecule has 1 unspecified atom stereocenters. The summed E-state index contributed by atoms with van der Waals surface area (Å²) < 4.78 is 12.5. The molecule has 2 N–H and O–H groups in total. The normalized spacial score (nSPS) is 15.0. The van der Waals surface area contributed by atoms with Crippen LogP contribution in [-0.2, 0) is 11.2 Å². The summed E-state index contributed by atoms with van der Waals surface area (Å²) in [7, 11) is 0. The topological polar surface area (TPSA) is 43.1 Å². The van der Waals surface area contributed by atoms with Gasteiger partial charge in [0, 0.05) is 0 Å². The Labute approximate surface area is 76.6 Å². The number of rotatable bonds is 3. The zero-order valence-corrected chi connectivity index (χ0v) is 7.46. The third-order valence-corrected chi connectivity index (χ3v) is 1.77. The van der Waals surface area contributed by atoms with Crippen LogP contribution in [0.4, 0.5) is 4.39 Å². The van der Waals surface area contributed by atoms with Gasteiger partial charge in [-0.1, -0.05) is 12.1 Å². The van der Waals surface area contributed by atoms with Crippen LogP contribution < -0.4 is 5.73 Å². The number of carbonyl (C=O) groups is 1. The lowest BCUT2D eigenvalue weighted by molar-refractivity contribution is -0.111. The van der Waals surface area contributed by atoms with E-state index in [4.69, 9.17) is 5.73 Å². The summed E-state index contributed by atoms with van der Waals surface area (Å²) >= 11 is 0. The van der Waals surface area contributed by atoms with Crippen molar-refractivity contribution in [1.82, 2.24) is 0 Å². The molecule has 0 fully saturated rings. The Morgan fingerprint density at radius 2 is 2.00 bits per heavy atom. The number of hydrogen-bond acceptors (Lipinski definition) is 2. The van der Waals surface area contributed by atoms with Gasteiger partial charge in [0.15, 0.2) is 0 Å². The first-order chi connectivity index (χ1) is 6.03. The van der Waals surface area contributed by atoms with Gasteiger partial charge in [0.1, 0.15) is 12.1 Å². The van der Waals surface area contributed by atoms with Gasteiger partial charge in [-0.3, -0.25) is 0 Å². The summed E-state index contributed by atoms with van der Waals surface area (Å²) in [5.41, 5.74) is 5.62. The third-order valence-electron chi connectivity index (χ3n) is 1.77. The van der Waals surface area contributed by atoms with Crippen LogP contribution in [-0.4, -0.2) is 11.8 Å². The van der Waals surface area contributed by atoms with Crippen LogP contribution in [0.1, 0.15) is 12.5 Å². The van der Waals surface area contributed by atoms with Gasteiger partial charge in [-0.15, -0.1) is 0 Å². The molecule has 0 bridgehead atoms. The number of nitrogens with two attached hydrogens (primary N) is 1. The van der Waals surface area contributed by atoms with Crippen molar-refractivity contribution in [2.24, 2.45) is 5.73 Å². The first-order valence-electron chi connectivity index (χ1n) is 4.03. The lowest BCUT2D eigenvalue weighted by atomic mass is 9.96. The molecule has 0 aromatic heterocycles. The van der Waals surface area contributed by atoms with Crippen LogP contribution in [0, 0.1) is 5.82 Å². The van der Waals surface area contributed by atoms with Crippen molar-refractivity contribution in [2.45, 2.75) is 18.9 Å². The largest absolute Gasteiger partial charge is 0.319 e. The van der Waals surface area contributed by atoms with Crippen molar-refractivity contribution in [1.29, 1.82) is 0 Å². The highest BCUT2D eigenvalue weighted by Crippen LogP contribution is 2.09. The maximum atomic E-state index is 12.5. The number of aldehydes is 1. The highest BCUT2D eigenvalue weighted by atomic mass is 19.1. The van der Waals surface area contributed by atoms with Crippen molar-refractivity contribution in [3.63, 3.8) is 0 Å². The molecule has 0 aliphatic carbocycles. The molecule has 1 atom stereocenters. The standard InChI is InChI=1S/C10H12FNO/c1-10(12,7-13)6-8-2-4-9(11)5-3-8/h2-5,7H,6,12H2,1H3. The fraction of sp³-hybridized carbons (Fsp3) is 0.300. The average molecular weight is 181 g/mol. The van der Waals surface area contributed by atoms with Crippen LogP contribution in [0.25, 0.3) is 0 Å². The van der Waals surface area contributed by atoms with E-state index in [1.54, 1.807) is 19.1 Å². The number of benzene rings is 1. The molecule has 1 aromatic carbocycles. The van der Waals surface area contributed by atoms with E-state index in [1.807, 2.05) is 0 Å². The van der Waals surface area contributed by atoms with E-state index < -0.39 is 5.54 Å². The van der Waals surface area contributed by atoms with Gasteiger partial charge < -0.3 is 10.5 Å². The van der Waals surface area contributed by atoms with E-state index in [0.29, 0.717) is 12.7 Å². The van der Waals surface area contributed by atoms with Crippen LogP contribution >= 0.6 is 0 Å². The molecule has 0 aliphatic rings. The van der Waals surface area contributed by atoms with Crippen LogP contribution in [0.3, 0.4) is 0 Å². The highest BCUT2D eigenvalue weighted by Gasteiger charge is 2.17. The molecular formula is C10H12FNO. The Bertz CT molecular complexity index is 292. The Hall–Kier alpha value is -1.22. The minimum Gasteiger partial charge on any atom is -0.319 e. The van der Waals surface area contributed by atoms with Crippen molar-refractivity contribution >= 4 is 6.29 Å². The highest BCUT2D eigenvalue weighted by molar-refractivity contribution is 5.63. The lowest BCUT2D eigenvalue weighted by Crippen LogP contribution is -2.40. The van der Waals surface area contributed by atoms with E-state index in [0.717, 1.165) is 5.56 Å². The summed E-state index contributed by atoms with van der Waals surface area (Å²) in [6.45, 7) is 1.64. The van der Waals surface area contributed by atoms with Gasteiger partial charge in [-0.2, -0.15) is 0 Å². The molecule has 0 amide bonds. The predicted octanol–water partition coefficient (Wildman–Crippen LogP) is 1.28. The van der Waals surface area contributed by atoms with E-state index >= 15 is 0 Å². The Morgan fingerprint density at radius 1 is 1.46 bits per heavy atom. The fourth-order valence-electron chi connectivity index (χ4n) is 1.08. The van der Waals surface area contributed by atoms with Gasteiger partial charge in [0.05, 0.1) is 5.54 Å². The Kier molecular flexibility index (Phi) is 2.78. The molecule has 0 saturated carbocycles. The molecule has 1 rings (SSSR count). The molecule has 0 spiro atoms. The minimum absolute atomic E-state index is 0.284. The zero-order valence-electron chi connectivity index (χ0n) is 7.46. The lowest BCUT2D eigenvalue weighted by Gasteiger charge is -2.16. The van der Waals surface area contributed by atoms with Crippen molar-refractivity contribution < 1.29 is 9.18 Å². The number of carbonyl (C=O) groups excluding carboxylic acids is 1. The van der Waals surface area contributed by atoms with Gasteiger partial charge in [-0.05, 0) is 31.0 Å². The fourth-order valence-corrected chi connectivity index (χ4v) is 1.08. The Morgan fingerprint density at radius 3 is 2.46 bits per heavy atom. The Balaban J connectivity index is 2.75. The molecule has 0 heterocycles. The molecular weight excluding hydrogens is 169 g/mol. The molecule has 2 nitrogen and oxygen atoms in total. The summed E-state index contributed by atoms with van der Waals surface area (Å²) in [6, 6.07) is 5.97. The van der Waals surface area contributed by atoms with Crippen LogP contribution in [0.15, 0.2) is 24.3 Å². The van der Waals surface area contributed by atoms with Crippen LogP contribution in [0.5, 0.6) is 0 Å². The maximum Gasteiger partial charge on any atom is 0.139 e. The summed E-state index contributed by atoms with van der Waals surface area (Å²) in [4.78, 5) is 10.5. The van der Waals surface area contributed by atoms with Crippen molar-refractivity contribution in [3.8, 4) is 0 Å². The van der Waals surface area contributed by atoms with Crippen molar-refractivity contribution in [3.05, 3.63) is 35.6 Å². The quantitative estimate of drug-likeness (QED) is 0.714. The molecule has 70 valence electrons. The average Bonchev–Trinajstić information content (AvgIpc) is 2.09. The zero-order chi connectivity index (χ0) is 9.90. The number of halogens is 1. The molecule has 0 radical (unpaired) electrons. The summed E-state index contributed by atoms with van der Waals surface area (Å²) in [5, 5.41) is 0. The van der Waals surface area contributed by atoms with Gasteiger partial charge in [-0.25, -0.2) is 4.39 Å². The second-order valence-electron chi connectivity index (χ2n) is 3.43. The van der Waals surface area contributed by atoms with E-state index in [2.05, 4.69) is 0 Å². The molecule has 13 heavy (non-hydrogen) atoms. The molecule has 1 aromatic rings. The van der Waals surface area contributed by atoms with Gasteiger partial charge in [0.2, 0.25) is 0 Å². The maximum absolute atomic E-state index is 12.5. The van der Waals surface area contributed by atoms with Gasteiger partial charge >= 0.3 is 0 Å². The molecule has 3 heteroatoms. The van der Waals surface area contributed by atoms with Crippen molar-refractivity contribution in [2.75, 3.05) is 0 Å². The predicted molar refractivity (Wildman–Crippen MR) is 48.8 cm³/mol. The molecule has 0 saturated heterocycles. The van der Waals surface area contributed by atoms with E-state index in [-0.39, 0.29) is 5.82 Å². The molecule has 0 aliphatic heterocycles.